The van der Waals surface area contributed by atoms with E-state index in [2.05, 4.69) is 48.4 Å². The third kappa shape index (κ3) is 4.58. The van der Waals surface area contributed by atoms with Crippen molar-refractivity contribution in [1.82, 2.24) is 15.5 Å². The highest BCUT2D eigenvalue weighted by Gasteiger charge is 2.11. The number of ether oxygens (including phenoxy) is 1. The second-order valence-corrected chi connectivity index (χ2v) is 6.86. The van der Waals surface area contributed by atoms with E-state index in [0.29, 0.717) is 0 Å². The molecule has 1 heterocycles. The fourth-order valence-electron chi connectivity index (χ4n) is 1.69. The second kappa shape index (κ2) is 6.33. The quantitative estimate of drug-likeness (QED) is 0.920. The average molecular weight is 291 g/mol. The Hall–Kier alpha value is -1.46. The summed E-state index contributed by atoms with van der Waals surface area (Å²) in [6, 6.07) is 8.07. The molecule has 2 rings (SSSR count). The Kier molecular flexibility index (Phi) is 4.73. The number of rotatable bonds is 5. The lowest BCUT2D eigenvalue weighted by Crippen LogP contribution is -2.35. The second-order valence-electron chi connectivity index (χ2n) is 5.72. The van der Waals surface area contributed by atoms with Gasteiger partial charge in [0.15, 0.2) is 0 Å². The van der Waals surface area contributed by atoms with Gasteiger partial charge in [-0.15, -0.1) is 10.2 Å². The van der Waals surface area contributed by atoms with Crippen LogP contribution in [0.4, 0.5) is 0 Å². The van der Waals surface area contributed by atoms with Crippen LogP contribution in [0.5, 0.6) is 5.75 Å². The van der Waals surface area contributed by atoms with Crippen LogP contribution in [0.1, 0.15) is 36.3 Å². The summed E-state index contributed by atoms with van der Waals surface area (Å²) in [5.74, 6) is 0.876. The SMILES string of the molecule is COc1ccc(Cc2nnc(CNC(C)(C)C)s2)cc1. The highest BCUT2D eigenvalue weighted by atomic mass is 32.1. The molecule has 2 aromatic rings. The first-order valence-electron chi connectivity index (χ1n) is 6.65. The number of aromatic nitrogens is 2. The minimum atomic E-state index is 0.0990. The smallest absolute Gasteiger partial charge is 0.131 e. The predicted molar refractivity (Wildman–Crippen MR) is 82.3 cm³/mol. The van der Waals surface area contributed by atoms with Crippen LogP contribution in [0.15, 0.2) is 24.3 Å². The zero-order chi connectivity index (χ0) is 14.6. The van der Waals surface area contributed by atoms with Gasteiger partial charge in [0.05, 0.1) is 13.7 Å². The number of methoxy groups -OCH3 is 1. The zero-order valence-corrected chi connectivity index (χ0v) is 13.3. The van der Waals surface area contributed by atoms with Crippen LogP contribution >= 0.6 is 11.3 Å². The number of benzene rings is 1. The number of nitrogens with zero attached hydrogens (tertiary/aromatic N) is 2. The monoisotopic (exact) mass is 291 g/mol. The van der Waals surface area contributed by atoms with Gasteiger partial charge in [0.1, 0.15) is 15.8 Å². The standard InChI is InChI=1S/C15H21N3OS/c1-15(2,3)16-10-14-18-17-13(20-14)9-11-5-7-12(19-4)8-6-11/h5-8,16H,9-10H2,1-4H3. The Morgan fingerprint density at radius 1 is 1.10 bits per heavy atom. The van der Waals surface area contributed by atoms with Crippen LogP contribution in [-0.2, 0) is 13.0 Å². The molecule has 0 aliphatic heterocycles. The molecule has 0 aliphatic rings. The maximum Gasteiger partial charge on any atom is 0.131 e. The van der Waals surface area contributed by atoms with Crippen molar-refractivity contribution in [2.45, 2.75) is 39.3 Å². The molecule has 0 fully saturated rings. The maximum atomic E-state index is 5.15. The first kappa shape index (κ1) is 14.9. The molecule has 0 amide bonds. The molecule has 0 radical (unpaired) electrons. The van der Waals surface area contributed by atoms with E-state index in [1.807, 2.05) is 12.1 Å². The van der Waals surface area contributed by atoms with Gasteiger partial charge in [0.25, 0.3) is 0 Å². The van der Waals surface area contributed by atoms with Crippen molar-refractivity contribution in [1.29, 1.82) is 0 Å². The lowest BCUT2D eigenvalue weighted by Gasteiger charge is -2.19. The van der Waals surface area contributed by atoms with Crippen molar-refractivity contribution in [2.24, 2.45) is 0 Å². The Bertz CT molecular complexity index is 543. The summed E-state index contributed by atoms with van der Waals surface area (Å²) >= 11 is 1.66. The van der Waals surface area contributed by atoms with Gasteiger partial charge in [-0.2, -0.15) is 0 Å². The van der Waals surface area contributed by atoms with E-state index in [0.717, 1.165) is 28.7 Å². The van der Waals surface area contributed by atoms with Gasteiger partial charge < -0.3 is 10.1 Å². The summed E-state index contributed by atoms with van der Waals surface area (Å²) in [5.41, 5.74) is 1.32. The van der Waals surface area contributed by atoms with Crippen molar-refractivity contribution in [3.8, 4) is 5.75 Å². The van der Waals surface area contributed by atoms with Gasteiger partial charge in [-0.1, -0.05) is 23.5 Å². The summed E-state index contributed by atoms with van der Waals surface area (Å²) in [6.07, 6.45) is 0.817. The topological polar surface area (TPSA) is 47.0 Å². The Balaban J connectivity index is 1.94. The van der Waals surface area contributed by atoms with E-state index < -0.39 is 0 Å². The van der Waals surface area contributed by atoms with E-state index >= 15 is 0 Å². The van der Waals surface area contributed by atoms with Crippen molar-refractivity contribution >= 4 is 11.3 Å². The highest BCUT2D eigenvalue weighted by Crippen LogP contribution is 2.17. The van der Waals surface area contributed by atoms with E-state index in [1.54, 1.807) is 18.4 Å². The van der Waals surface area contributed by atoms with E-state index in [-0.39, 0.29) is 5.54 Å². The Morgan fingerprint density at radius 3 is 2.35 bits per heavy atom. The molecule has 0 saturated heterocycles. The Morgan fingerprint density at radius 2 is 1.75 bits per heavy atom. The van der Waals surface area contributed by atoms with Crippen LogP contribution in [0.2, 0.25) is 0 Å². The third-order valence-electron chi connectivity index (χ3n) is 2.79. The van der Waals surface area contributed by atoms with E-state index in [1.165, 1.54) is 5.56 Å². The van der Waals surface area contributed by atoms with E-state index in [4.69, 9.17) is 4.74 Å². The normalized spacial score (nSPS) is 11.6. The fourth-order valence-corrected chi connectivity index (χ4v) is 2.51. The van der Waals surface area contributed by atoms with Crippen LogP contribution in [-0.4, -0.2) is 22.8 Å². The van der Waals surface area contributed by atoms with Gasteiger partial charge in [0.2, 0.25) is 0 Å². The molecule has 5 heteroatoms. The van der Waals surface area contributed by atoms with Crippen molar-refractivity contribution in [2.75, 3.05) is 7.11 Å². The first-order chi connectivity index (χ1) is 9.46. The molecule has 0 spiro atoms. The molecule has 0 atom stereocenters. The molecule has 0 saturated carbocycles. The summed E-state index contributed by atoms with van der Waals surface area (Å²) in [4.78, 5) is 0. The lowest BCUT2D eigenvalue weighted by molar-refractivity contribution is 0.414. The van der Waals surface area contributed by atoms with Gasteiger partial charge in [0, 0.05) is 12.0 Å². The fraction of sp³-hybridized carbons (Fsp3) is 0.467. The molecule has 0 unspecified atom stereocenters. The highest BCUT2D eigenvalue weighted by molar-refractivity contribution is 7.11. The van der Waals surface area contributed by atoms with Crippen molar-refractivity contribution in [3.63, 3.8) is 0 Å². The summed E-state index contributed by atoms with van der Waals surface area (Å²) in [5, 5.41) is 14.0. The molecule has 108 valence electrons. The first-order valence-corrected chi connectivity index (χ1v) is 7.47. The van der Waals surface area contributed by atoms with Gasteiger partial charge in [-0.3, -0.25) is 0 Å². The summed E-state index contributed by atoms with van der Waals surface area (Å²) < 4.78 is 5.15. The van der Waals surface area contributed by atoms with Crippen LogP contribution in [0.3, 0.4) is 0 Å². The predicted octanol–water partition coefficient (Wildman–Crippen LogP) is 3.03. The third-order valence-corrected chi connectivity index (χ3v) is 3.72. The van der Waals surface area contributed by atoms with Crippen molar-refractivity contribution in [3.05, 3.63) is 39.8 Å². The van der Waals surface area contributed by atoms with Gasteiger partial charge in [-0.25, -0.2) is 0 Å². The number of hydrogen-bond acceptors (Lipinski definition) is 5. The summed E-state index contributed by atoms with van der Waals surface area (Å²) in [7, 11) is 1.67. The van der Waals surface area contributed by atoms with Gasteiger partial charge >= 0.3 is 0 Å². The van der Waals surface area contributed by atoms with Gasteiger partial charge in [-0.05, 0) is 38.5 Å². The average Bonchev–Trinajstić information content (AvgIpc) is 2.84. The number of hydrogen-bond donors (Lipinski definition) is 1. The largest absolute Gasteiger partial charge is 0.497 e. The van der Waals surface area contributed by atoms with Crippen LogP contribution in [0.25, 0.3) is 0 Å². The molecule has 20 heavy (non-hydrogen) atoms. The molecule has 1 N–H and O–H groups in total. The molecular weight excluding hydrogens is 270 g/mol. The lowest BCUT2D eigenvalue weighted by atomic mass is 10.1. The molecular formula is C15H21N3OS. The number of nitrogens with one attached hydrogen (secondary N) is 1. The summed E-state index contributed by atoms with van der Waals surface area (Å²) in [6.45, 7) is 7.20. The minimum absolute atomic E-state index is 0.0990. The van der Waals surface area contributed by atoms with Crippen LogP contribution in [0, 0.1) is 0 Å². The molecule has 0 bridgehead atoms. The zero-order valence-electron chi connectivity index (χ0n) is 12.4. The maximum absolute atomic E-state index is 5.15. The van der Waals surface area contributed by atoms with Crippen LogP contribution < -0.4 is 10.1 Å². The molecule has 1 aromatic heterocycles. The Labute approximate surface area is 124 Å². The minimum Gasteiger partial charge on any atom is -0.497 e. The molecule has 1 aromatic carbocycles. The molecule has 4 nitrogen and oxygen atoms in total. The van der Waals surface area contributed by atoms with Crippen molar-refractivity contribution < 1.29 is 4.74 Å². The molecule has 0 aliphatic carbocycles. The van der Waals surface area contributed by atoms with E-state index in [9.17, 15) is 0 Å².